The van der Waals surface area contributed by atoms with Crippen molar-refractivity contribution in [2.24, 2.45) is 0 Å². The molecule has 24 heavy (non-hydrogen) atoms. The third-order valence-electron chi connectivity index (χ3n) is 3.94. The van der Waals surface area contributed by atoms with Gasteiger partial charge in [-0.2, -0.15) is 0 Å². The van der Waals surface area contributed by atoms with E-state index < -0.39 is 0 Å². The van der Waals surface area contributed by atoms with E-state index in [2.05, 4.69) is 31.4 Å². The fourth-order valence-corrected chi connectivity index (χ4v) is 3.35. The lowest BCUT2D eigenvalue weighted by molar-refractivity contribution is -0.117. The number of carbonyl (C=O) groups is 1. The smallest absolute Gasteiger partial charge is 0.240 e. The van der Waals surface area contributed by atoms with Gasteiger partial charge in [0.1, 0.15) is 10.8 Å². The second-order valence-electron chi connectivity index (χ2n) is 5.61. The third-order valence-corrected chi connectivity index (χ3v) is 4.69. The molecule has 0 unspecified atom stereocenters. The summed E-state index contributed by atoms with van der Waals surface area (Å²) in [6, 6.07) is 8.03. The number of rotatable bonds is 5. The van der Waals surface area contributed by atoms with Crippen LogP contribution in [-0.2, 0) is 4.79 Å². The second-order valence-corrected chi connectivity index (χ2v) is 6.79. The molecule has 1 fully saturated rings. The Morgan fingerprint density at radius 1 is 1.25 bits per heavy atom. The number of anilines is 2. The number of carbonyl (C=O) groups excluding carboxylic acids is 1. The van der Waals surface area contributed by atoms with Crippen LogP contribution in [0.25, 0.3) is 0 Å². The Morgan fingerprint density at radius 2 is 2.00 bits per heavy atom. The maximum absolute atomic E-state index is 12.1. The van der Waals surface area contributed by atoms with E-state index in [1.165, 1.54) is 11.3 Å². The zero-order valence-electron chi connectivity index (χ0n) is 13.9. The molecule has 2 aromatic rings. The van der Waals surface area contributed by atoms with Crippen LogP contribution in [0.3, 0.4) is 0 Å². The monoisotopic (exact) mass is 347 g/mol. The number of nitrogens with zero attached hydrogens (tertiary/aromatic N) is 4. The number of methoxy groups -OCH3 is 1. The average molecular weight is 347 g/mol. The molecule has 1 aromatic heterocycles. The first-order valence-electron chi connectivity index (χ1n) is 7.86. The Labute approximate surface area is 145 Å². The standard InChI is InChI=1S/C16H21N5O2S/c1-12-18-19-16(24-12)17-15(22)11-20-7-9-21(10-8-20)13-5-3-4-6-14(13)23-2/h3-6H,7-11H2,1-2H3,(H,17,19,22). The first kappa shape index (κ1) is 16.7. The minimum Gasteiger partial charge on any atom is -0.495 e. The van der Waals surface area contributed by atoms with Gasteiger partial charge in [0.05, 0.1) is 19.3 Å². The summed E-state index contributed by atoms with van der Waals surface area (Å²) in [7, 11) is 1.69. The van der Waals surface area contributed by atoms with E-state index in [1.807, 2.05) is 25.1 Å². The van der Waals surface area contributed by atoms with Crippen LogP contribution in [0.15, 0.2) is 24.3 Å². The van der Waals surface area contributed by atoms with E-state index in [0.717, 1.165) is 42.6 Å². The number of para-hydroxylation sites is 2. The zero-order valence-corrected chi connectivity index (χ0v) is 14.7. The molecule has 1 amide bonds. The minimum absolute atomic E-state index is 0.0445. The number of benzene rings is 1. The SMILES string of the molecule is COc1ccccc1N1CCN(CC(=O)Nc2nnc(C)s2)CC1. The van der Waals surface area contributed by atoms with E-state index in [9.17, 15) is 4.79 Å². The van der Waals surface area contributed by atoms with Crippen molar-refractivity contribution >= 4 is 28.1 Å². The maximum Gasteiger partial charge on any atom is 0.240 e. The van der Waals surface area contributed by atoms with E-state index in [0.29, 0.717) is 11.7 Å². The molecule has 1 aliphatic rings. The highest BCUT2D eigenvalue weighted by atomic mass is 32.1. The van der Waals surface area contributed by atoms with Gasteiger partial charge in [0.25, 0.3) is 0 Å². The number of amides is 1. The predicted molar refractivity (Wildman–Crippen MR) is 94.9 cm³/mol. The molecule has 0 aliphatic carbocycles. The number of hydrogen-bond acceptors (Lipinski definition) is 7. The van der Waals surface area contributed by atoms with Gasteiger partial charge >= 0.3 is 0 Å². The molecule has 8 heteroatoms. The average Bonchev–Trinajstić information content (AvgIpc) is 3.00. The van der Waals surface area contributed by atoms with Crippen molar-refractivity contribution in [2.75, 3.05) is 50.1 Å². The Balaban J connectivity index is 1.51. The minimum atomic E-state index is -0.0445. The van der Waals surface area contributed by atoms with Gasteiger partial charge in [0.2, 0.25) is 11.0 Å². The Hall–Kier alpha value is -2.19. The molecule has 1 aromatic carbocycles. The molecule has 1 N–H and O–H groups in total. The quantitative estimate of drug-likeness (QED) is 0.886. The molecule has 0 spiro atoms. The van der Waals surface area contributed by atoms with Crippen LogP contribution in [0.4, 0.5) is 10.8 Å². The normalized spacial score (nSPS) is 15.3. The van der Waals surface area contributed by atoms with Gasteiger partial charge in [-0.05, 0) is 19.1 Å². The van der Waals surface area contributed by atoms with Gasteiger partial charge in [-0.15, -0.1) is 10.2 Å². The molecule has 0 atom stereocenters. The van der Waals surface area contributed by atoms with Crippen LogP contribution in [0.1, 0.15) is 5.01 Å². The lowest BCUT2D eigenvalue weighted by Gasteiger charge is -2.36. The molecule has 1 saturated heterocycles. The largest absolute Gasteiger partial charge is 0.495 e. The maximum atomic E-state index is 12.1. The molecule has 0 radical (unpaired) electrons. The van der Waals surface area contributed by atoms with Crippen LogP contribution < -0.4 is 15.0 Å². The van der Waals surface area contributed by atoms with Gasteiger partial charge in [-0.3, -0.25) is 15.0 Å². The number of hydrogen-bond donors (Lipinski definition) is 1. The highest BCUT2D eigenvalue weighted by Gasteiger charge is 2.21. The van der Waals surface area contributed by atoms with Crippen LogP contribution >= 0.6 is 11.3 Å². The van der Waals surface area contributed by atoms with E-state index in [1.54, 1.807) is 7.11 Å². The highest BCUT2D eigenvalue weighted by Crippen LogP contribution is 2.28. The molecule has 0 saturated carbocycles. The summed E-state index contributed by atoms with van der Waals surface area (Å²) in [6.45, 7) is 5.64. The fourth-order valence-electron chi connectivity index (χ4n) is 2.75. The van der Waals surface area contributed by atoms with Crippen molar-refractivity contribution in [3.8, 4) is 5.75 Å². The van der Waals surface area contributed by atoms with Crippen molar-refractivity contribution in [3.05, 3.63) is 29.3 Å². The summed E-state index contributed by atoms with van der Waals surface area (Å²) in [5, 5.41) is 12.0. The second kappa shape index (κ2) is 7.59. The van der Waals surface area contributed by atoms with Gasteiger partial charge in [-0.1, -0.05) is 23.5 Å². The Kier molecular flexibility index (Phi) is 5.27. The molecular formula is C16H21N5O2S. The summed E-state index contributed by atoms with van der Waals surface area (Å²) in [5.41, 5.74) is 1.11. The van der Waals surface area contributed by atoms with E-state index in [4.69, 9.17) is 4.74 Å². The Morgan fingerprint density at radius 3 is 2.67 bits per heavy atom. The van der Waals surface area contributed by atoms with Crippen molar-refractivity contribution < 1.29 is 9.53 Å². The molecular weight excluding hydrogens is 326 g/mol. The van der Waals surface area contributed by atoms with Crippen LogP contribution in [0.2, 0.25) is 0 Å². The number of aromatic nitrogens is 2. The molecule has 7 nitrogen and oxygen atoms in total. The summed E-state index contributed by atoms with van der Waals surface area (Å²) < 4.78 is 5.43. The summed E-state index contributed by atoms with van der Waals surface area (Å²) in [6.07, 6.45) is 0. The number of ether oxygens (including phenoxy) is 1. The van der Waals surface area contributed by atoms with Gasteiger partial charge in [0.15, 0.2) is 0 Å². The zero-order chi connectivity index (χ0) is 16.9. The lowest BCUT2D eigenvalue weighted by atomic mass is 10.2. The van der Waals surface area contributed by atoms with E-state index >= 15 is 0 Å². The summed E-state index contributed by atoms with van der Waals surface area (Å²) in [5.74, 6) is 0.840. The lowest BCUT2D eigenvalue weighted by Crippen LogP contribution is -2.48. The molecule has 1 aliphatic heterocycles. The molecule has 0 bridgehead atoms. The summed E-state index contributed by atoms with van der Waals surface area (Å²) >= 11 is 1.39. The molecule has 3 rings (SSSR count). The number of aryl methyl sites for hydroxylation is 1. The fraction of sp³-hybridized carbons (Fsp3) is 0.438. The highest BCUT2D eigenvalue weighted by molar-refractivity contribution is 7.15. The number of piperazine rings is 1. The van der Waals surface area contributed by atoms with Crippen LogP contribution in [0.5, 0.6) is 5.75 Å². The van der Waals surface area contributed by atoms with Crippen LogP contribution in [0, 0.1) is 6.92 Å². The van der Waals surface area contributed by atoms with Crippen molar-refractivity contribution in [3.63, 3.8) is 0 Å². The van der Waals surface area contributed by atoms with Crippen molar-refractivity contribution in [1.82, 2.24) is 15.1 Å². The summed E-state index contributed by atoms with van der Waals surface area (Å²) in [4.78, 5) is 16.5. The van der Waals surface area contributed by atoms with Gasteiger partial charge in [-0.25, -0.2) is 0 Å². The molecule has 128 valence electrons. The van der Waals surface area contributed by atoms with Gasteiger partial charge in [0, 0.05) is 26.2 Å². The van der Waals surface area contributed by atoms with Gasteiger partial charge < -0.3 is 9.64 Å². The topological polar surface area (TPSA) is 70.6 Å². The number of nitrogens with one attached hydrogen (secondary N) is 1. The van der Waals surface area contributed by atoms with E-state index in [-0.39, 0.29) is 5.91 Å². The first-order valence-corrected chi connectivity index (χ1v) is 8.67. The van der Waals surface area contributed by atoms with Crippen LogP contribution in [-0.4, -0.2) is 60.8 Å². The first-order chi connectivity index (χ1) is 11.7. The third kappa shape index (κ3) is 4.01. The predicted octanol–water partition coefficient (Wildman–Crippen LogP) is 1.62. The molecule has 2 heterocycles. The van der Waals surface area contributed by atoms with Crippen molar-refractivity contribution in [2.45, 2.75) is 6.92 Å². The Bertz CT molecular complexity index is 697. The van der Waals surface area contributed by atoms with Crippen molar-refractivity contribution in [1.29, 1.82) is 0 Å².